The van der Waals surface area contributed by atoms with Crippen LogP contribution in [0, 0.1) is 34.6 Å². The van der Waals surface area contributed by atoms with E-state index in [1.165, 1.54) is 34.4 Å². The average Bonchev–Trinajstić information content (AvgIpc) is 3.68. The highest BCUT2D eigenvalue weighted by atomic mass is 19.4. The Hall–Kier alpha value is -8.35. The molecule has 0 saturated carbocycles. The van der Waals surface area contributed by atoms with Crippen molar-refractivity contribution in [3.8, 4) is 84.1 Å². The van der Waals surface area contributed by atoms with E-state index in [1.807, 2.05) is 78.9 Å². The Morgan fingerprint density at radius 2 is 0.786 bits per heavy atom. The third-order valence-electron chi connectivity index (χ3n) is 13.2. The first-order valence-electron chi connectivity index (χ1n) is 23.5. The molecule has 11 rings (SSSR count). The lowest BCUT2D eigenvalue weighted by atomic mass is 9.91. The maximum atomic E-state index is 14.8. The number of alkyl halides is 3. The largest absolute Gasteiger partial charge is 0.416 e. The molecule has 2 heterocycles. The Morgan fingerprint density at radius 3 is 1.26 bits per heavy atom. The first-order valence-corrected chi connectivity index (χ1v) is 23.5. The third kappa shape index (κ3) is 8.47. The molecule has 0 aliphatic heterocycles. The zero-order valence-electron chi connectivity index (χ0n) is 39.5. The van der Waals surface area contributed by atoms with Crippen LogP contribution < -0.4 is 0 Å². The minimum absolute atomic E-state index is 0.414. The molecule has 0 radical (unpaired) electrons. The number of hydrogen-bond acceptors (Lipinski definition) is 2. The van der Waals surface area contributed by atoms with Crippen LogP contribution in [-0.2, 0) is 6.18 Å². The normalized spacial score (nSPS) is 11.7. The van der Waals surface area contributed by atoms with Crippen molar-refractivity contribution < 1.29 is 13.2 Å². The highest BCUT2D eigenvalue weighted by Gasteiger charge is 2.31. The summed E-state index contributed by atoms with van der Waals surface area (Å²) in [5, 5.41) is 2.05. The van der Waals surface area contributed by atoms with Crippen molar-refractivity contribution in [2.24, 2.45) is 0 Å². The van der Waals surface area contributed by atoms with E-state index in [1.54, 1.807) is 6.07 Å². The Kier molecular flexibility index (Phi) is 11.1. The van der Waals surface area contributed by atoms with E-state index in [2.05, 4.69) is 136 Å². The standard InChI is InChI=1S/C64H48F3N3/c1-39-14-12-19-48(28-39)54-36-52(63-68-58(44-15-8-6-9-16-44)38-59(69-63)45-17-10-7-11-18-45)37-55(49-20-13-21-53(33-49)64(65,66)67)62(54)70-60-24-22-46(50-29-40(2)26-41(3)30-50)34-56(60)57-35-47(23-25-61(57)70)51-31-42(4)27-43(5)32-51/h6-38H,1-5H3. The second-order valence-electron chi connectivity index (χ2n) is 18.6. The summed E-state index contributed by atoms with van der Waals surface area (Å²) in [4.78, 5) is 10.5. The van der Waals surface area contributed by atoms with Crippen molar-refractivity contribution in [3.63, 3.8) is 0 Å². The molecule has 0 spiro atoms. The molecule has 0 unspecified atom stereocenters. The second-order valence-corrected chi connectivity index (χ2v) is 18.6. The Bertz CT molecular complexity index is 3600. The third-order valence-corrected chi connectivity index (χ3v) is 13.2. The lowest BCUT2D eigenvalue weighted by molar-refractivity contribution is -0.137. The maximum Gasteiger partial charge on any atom is 0.416 e. The van der Waals surface area contributed by atoms with Crippen molar-refractivity contribution in [1.82, 2.24) is 14.5 Å². The van der Waals surface area contributed by atoms with Gasteiger partial charge in [-0.3, -0.25) is 0 Å². The molecular formula is C64H48F3N3. The molecule has 9 aromatic carbocycles. The number of fused-ring (bicyclic) bond motifs is 3. The summed E-state index contributed by atoms with van der Waals surface area (Å²) in [5.74, 6) is 0.451. The first kappa shape index (κ1) is 44.2. The number of rotatable bonds is 8. The highest BCUT2D eigenvalue weighted by Crippen LogP contribution is 2.46. The van der Waals surface area contributed by atoms with E-state index in [0.29, 0.717) is 22.5 Å². The number of benzene rings is 9. The molecule has 6 heteroatoms. The average molecular weight is 916 g/mol. The van der Waals surface area contributed by atoms with Gasteiger partial charge in [-0.1, -0.05) is 173 Å². The van der Waals surface area contributed by atoms with E-state index >= 15 is 0 Å². The number of aryl methyl sites for hydroxylation is 5. The van der Waals surface area contributed by atoms with Gasteiger partial charge < -0.3 is 4.57 Å². The van der Waals surface area contributed by atoms with Crippen LogP contribution >= 0.6 is 0 Å². The van der Waals surface area contributed by atoms with Gasteiger partial charge in [-0.15, -0.1) is 0 Å². The summed E-state index contributed by atoms with van der Waals surface area (Å²) >= 11 is 0. The predicted octanol–water partition coefficient (Wildman–Crippen LogP) is 17.8. The van der Waals surface area contributed by atoms with E-state index in [9.17, 15) is 13.2 Å². The fourth-order valence-electron chi connectivity index (χ4n) is 10.1. The van der Waals surface area contributed by atoms with Gasteiger partial charge in [0.2, 0.25) is 0 Å². The second kappa shape index (κ2) is 17.6. The number of hydrogen-bond donors (Lipinski definition) is 0. The van der Waals surface area contributed by atoms with Crippen LogP contribution in [0.4, 0.5) is 13.2 Å². The maximum absolute atomic E-state index is 14.8. The van der Waals surface area contributed by atoms with Crippen LogP contribution in [0.1, 0.15) is 33.4 Å². The minimum atomic E-state index is -4.58. The van der Waals surface area contributed by atoms with Gasteiger partial charge in [-0.25, -0.2) is 9.97 Å². The zero-order valence-corrected chi connectivity index (χ0v) is 39.5. The Labute approximate surface area is 406 Å². The fourth-order valence-corrected chi connectivity index (χ4v) is 10.1. The van der Waals surface area contributed by atoms with Crippen molar-refractivity contribution >= 4 is 21.8 Å². The van der Waals surface area contributed by atoms with Gasteiger partial charge in [0.25, 0.3) is 0 Å². The lowest BCUT2D eigenvalue weighted by Crippen LogP contribution is -2.06. The summed E-state index contributed by atoms with van der Waals surface area (Å²) in [6.07, 6.45) is -4.58. The van der Waals surface area contributed by atoms with Gasteiger partial charge >= 0.3 is 6.18 Å². The topological polar surface area (TPSA) is 30.7 Å². The molecule has 0 aliphatic rings. The van der Waals surface area contributed by atoms with Crippen LogP contribution in [0.25, 0.3) is 106 Å². The molecule has 2 aromatic heterocycles. The van der Waals surface area contributed by atoms with Crippen LogP contribution in [-0.4, -0.2) is 14.5 Å². The van der Waals surface area contributed by atoms with E-state index in [0.717, 1.165) is 95.0 Å². The molecular weight excluding hydrogens is 868 g/mol. The summed E-state index contributed by atoms with van der Waals surface area (Å²) in [6.45, 7) is 10.5. The first-order chi connectivity index (χ1) is 33.8. The molecule has 340 valence electrons. The molecule has 11 aromatic rings. The SMILES string of the molecule is Cc1cc(C)cc(-c2ccc3c(c2)c2cc(-c4cc(C)cc(C)c4)ccc2n3-c2c(-c3cccc(C)c3)cc(-c3nc(-c4ccccc4)cc(-c4ccccc4)n3)cc2-c2cccc(C(F)(F)F)c2)c1. The molecule has 0 atom stereocenters. The number of halogens is 3. The summed E-state index contributed by atoms with van der Waals surface area (Å²) in [7, 11) is 0. The smallest absolute Gasteiger partial charge is 0.308 e. The van der Waals surface area contributed by atoms with Gasteiger partial charge in [0.1, 0.15) is 0 Å². The molecule has 70 heavy (non-hydrogen) atoms. The monoisotopic (exact) mass is 915 g/mol. The molecule has 0 aliphatic carbocycles. The van der Waals surface area contributed by atoms with Crippen molar-refractivity contribution in [1.29, 1.82) is 0 Å². The quantitative estimate of drug-likeness (QED) is 0.152. The highest BCUT2D eigenvalue weighted by molar-refractivity contribution is 6.13. The summed E-state index contributed by atoms with van der Waals surface area (Å²) in [5.41, 5.74) is 18.7. The molecule has 3 nitrogen and oxygen atoms in total. The molecule has 0 bridgehead atoms. The van der Waals surface area contributed by atoms with Crippen LogP contribution in [0.3, 0.4) is 0 Å². The zero-order chi connectivity index (χ0) is 48.3. The van der Waals surface area contributed by atoms with E-state index in [4.69, 9.17) is 9.97 Å². The van der Waals surface area contributed by atoms with Gasteiger partial charge in [0.05, 0.1) is 33.7 Å². The summed E-state index contributed by atoms with van der Waals surface area (Å²) in [6, 6.07) is 66.5. The number of aromatic nitrogens is 3. The van der Waals surface area contributed by atoms with E-state index in [-0.39, 0.29) is 0 Å². The van der Waals surface area contributed by atoms with Gasteiger partial charge in [0.15, 0.2) is 5.82 Å². The van der Waals surface area contributed by atoms with E-state index < -0.39 is 11.7 Å². The van der Waals surface area contributed by atoms with Gasteiger partial charge in [-0.05, 0) is 123 Å². The minimum Gasteiger partial charge on any atom is -0.308 e. The summed E-state index contributed by atoms with van der Waals surface area (Å²) < 4.78 is 46.8. The lowest BCUT2D eigenvalue weighted by Gasteiger charge is -2.22. The fraction of sp³-hybridized carbons (Fsp3) is 0.0938. The Balaban J connectivity index is 1.27. The Morgan fingerprint density at radius 1 is 0.343 bits per heavy atom. The van der Waals surface area contributed by atoms with Crippen LogP contribution in [0.5, 0.6) is 0 Å². The van der Waals surface area contributed by atoms with Crippen LogP contribution in [0.15, 0.2) is 200 Å². The molecule has 0 fully saturated rings. The van der Waals surface area contributed by atoms with Gasteiger partial charge in [-0.2, -0.15) is 13.2 Å². The number of nitrogens with zero attached hydrogens (tertiary/aromatic N) is 3. The van der Waals surface area contributed by atoms with Crippen molar-refractivity contribution in [2.75, 3.05) is 0 Å². The molecule has 0 amide bonds. The predicted molar refractivity (Wildman–Crippen MR) is 283 cm³/mol. The van der Waals surface area contributed by atoms with Crippen molar-refractivity contribution in [2.45, 2.75) is 40.8 Å². The van der Waals surface area contributed by atoms with Crippen molar-refractivity contribution in [3.05, 3.63) is 234 Å². The molecule has 0 saturated heterocycles. The van der Waals surface area contributed by atoms with Crippen LogP contribution in [0.2, 0.25) is 0 Å². The molecule has 0 N–H and O–H groups in total. The van der Waals surface area contributed by atoms with Gasteiger partial charge in [0, 0.05) is 38.6 Å².